The summed E-state index contributed by atoms with van der Waals surface area (Å²) in [5.41, 5.74) is 2.82. The van der Waals surface area contributed by atoms with E-state index >= 15 is 0 Å². The van der Waals surface area contributed by atoms with E-state index in [2.05, 4.69) is 44.0 Å². The monoisotopic (exact) mass is 438 g/mol. The number of urea groups is 1. The molecule has 0 spiro atoms. The molecule has 0 aliphatic carbocycles. The molecule has 0 bridgehead atoms. The Morgan fingerprint density at radius 2 is 1.62 bits per heavy atom. The molecule has 3 heterocycles. The quantitative estimate of drug-likeness (QED) is 0.796. The molecule has 172 valence electrons. The maximum atomic E-state index is 13.3. The minimum Gasteiger partial charge on any atom is -0.341 e. The number of nitrogens with one attached hydrogen (secondary N) is 1. The zero-order valence-corrected chi connectivity index (χ0v) is 19.4. The topological polar surface area (TPSA) is 73.7 Å². The minimum absolute atomic E-state index is 0.0233. The van der Waals surface area contributed by atoms with Crippen molar-refractivity contribution in [3.63, 3.8) is 0 Å². The first kappa shape index (κ1) is 22.3. The summed E-state index contributed by atoms with van der Waals surface area (Å²) in [4.78, 5) is 36.0. The molecule has 0 radical (unpaired) electrons. The van der Waals surface area contributed by atoms with Crippen LogP contribution in [0.3, 0.4) is 0 Å². The van der Waals surface area contributed by atoms with E-state index in [1.54, 1.807) is 7.05 Å². The second-order valence-corrected chi connectivity index (χ2v) is 8.79. The van der Waals surface area contributed by atoms with Crippen LogP contribution in [0.2, 0.25) is 0 Å². The van der Waals surface area contributed by atoms with Gasteiger partial charge in [0.2, 0.25) is 0 Å². The molecule has 2 fully saturated rings. The smallest absolute Gasteiger partial charge is 0.317 e. The van der Waals surface area contributed by atoms with Gasteiger partial charge in [0.05, 0.1) is 0 Å². The van der Waals surface area contributed by atoms with Crippen LogP contribution in [-0.2, 0) is 6.54 Å². The fraction of sp³-hybridized carbons (Fsp3) is 0.542. The van der Waals surface area contributed by atoms with Crippen molar-refractivity contribution in [2.24, 2.45) is 0 Å². The number of rotatable bonds is 4. The molecule has 1 aromatic carbocycles. The number of nitrogens with zero attached hydrogens (tertiary/aromatic N) is 5. The average molecular weight is 439 g/mol. The number of imidazole rings is 1. The number of benzene rings is 1. The van der Waals surface area contributed by atoms with Gasteiger partial charge in [0, 0.05) is 64.6 Å². The highest BCUT2D eigenvalue weighted by atomic mass is 16.2. The third-order valence-corrected chi connectivity index (χ3v) is 6.77. The van der Waals surface area contributed by atoms with E-state index in [-0.39, 0.29) is 18.0 Å². The number of aromatic nitrogens is 2. The zero-order chi connectivity index (χ0) is 22.7. The van der Waals surface area contributed by atoms with Crippen LogP contribution in [-0.4, -0.2) is 82.5 Å². The van der Waals surface area contributed by atoms with E-state index in [1.165, 1.54) is 5.56 Å². The van der Waals surface area contributed by atoms with E-state index < -0.39 is 0 Å². The highest BCUT2D eigenvalue weighted by Gasteiger charge is 2.30. The van der Waals surface area contributed by atoms with E-state index in [1.807, 2.05) is 29.7 Å². The van der Waals surface area contributed by atoms with Gasteiger partial charge < -0.3 is 19.7 Å². The number of piperazine rings is 1. The van der Waals surface area contributed by atoms with Crippen LogP contribution in [0.4, 0.5) is 4.79 Å². The largest absolute Gasteiger partial charge is 0.341 e. The van der Waals surface area contributed by atoms with Gasteiger partial charge in [-0.2, -0.15) is 0 Å². The Morgan fingerprint density at radius 3 is 2.25 bits per heavy atom. The molecule has 0 unspecified atom stereocenters. The molecule has 0 atom stereocenters. The summed E-state index contributed by atoms with van der Waals surface area (Å²) in [7, 11) is 1.66. The standard InChI is InChI=1S/C24H34N6O2/c1-18-22(26-19(2)30(18)21-9-11-29(12-10-21)24(32)25-3)23(31)28-15-13-27(14-16-28)17-20-7-5-4-6-8-20/h4-8,21H,9-17H2,1-3H3,(H,25,32). The summed E-state index contributed by atoms with van der Waals surface area (Å²) in [5.74, 6) is 0.915. The van der Waals surface area contributed by atoms with Crippen LogP contribution >= 0.6 is 0 Å². The third kappa shape index (κ3) is 4.65. The zero-order valence-electron chi connectivity index (χ0n) is 19.4. The SMILES string of the molecule is CNC(=O)N1CCC(n2c(C)nc(C(=O)N3CCN(Cc4ccccc4)CC3)c2C)CC1. The molecule has 8 nitrogen and oxygen atoms in total. The maximum Gasteiger partial charge on any atom is 0.317 e. The van der Waals surface area contributed by atoms with Crippen molar-refractivity contribution in [3.8, 4) is 0 Å². The highest BCUT2D eigenvalue weighted by Crippen LogP contribution is 2.27. The number of carbonyl (C=O) groups is 2. The molecule has 0 saturated carbocycles. The molecule has 2 aromatic rings. The number of hydrogen-bond donors (Lipinski definition) is 1. The predicted molar refractivity (Wildman–Crippen MR) is 124 cm³/mol. The van der Waals surface area contributed by atoms with Crippen LogP contribution < -0.4 is 5.32 Å². The normalized spacial score (nSPS) is 18.1. The summed E-state index contributed by atoms with van der Waals surface area (Å²) in [6, 6.07) is 10.7. The van der Waals surface area contributed by atoms with Gasteiger partial charge in [-0.3, -0.25) is 9.69 Å². The number of hydrogen-bond acceptors (Lipinski definition) is 4. The first-order valence-corrected chi connectivity index (χ1v) is 11.6. The molecule has 3 amide bonds. The fourth-order valence-electron chi connectivity index (χ4n) is 4.98. The summed E-state index contributed by atoms with van der Waals surface area (Å²) in [5, 5.41) is 2.70. The van der Waals surface area contributed by atoms with Crippen LogP contribution in [0.25, 0.3) is 0 Å². The summed E-state index contributed by atoms with van der Waals surface area (Å²) in [6.45, 7) is 9.53. The molecular formula is C24H34N6O2. The van der Waals surface area contributed by atoms with Crippen molar-refractivity contribution >= 4 is 11.9 Å². The summed E-state index contributed by atoms with van der Waals surface area (Å²) < 4.78 is 2.21. The lowest BCUT2D eigenvalue weighted by atomic mass is 10.0. The first-order valence-electron chi connectivity index (χ1n) is 11.6. The molecule has 1 aromatic heterocycles. The lowest BCUT2D eigenvalue weighted by Crippen LogP contribution is -2.48. The minimum atomic E-state index is -0.0233. The third-order valence-electron chi connectivity index (χ3n) is 6.77. The van der Waals surface area contributed by atoms with Gasteiger partial charge in [0.15, 0.2) is 0 Å². The predicted octanol–water partition coefficient (Wildman–Crippen LogP) is 2.43. The number of amides is 3. The van der Waals surface area contributed by atoms with E-state index in [0.29, 0.717) is 18.8 Å². The molecule has 8 heteroatoms. The van der Waals surface area contributed by atoms with Gasteiger partial charge in [-0.25, -0.2) is 9.78 Å². The van der Waals surface area contributed by atoms with Crippen LogP contribution in [0, 0.1) is 13.8 Å². The lowest BCUT2D eigenvalue weighted by molar-refractivity contribution is 0.0622. The van der Waals surface area contributed by atoms with Gasteiger partial charge in [0.1, 0.15) is 11.5 Å². The Kier molecular flexibility index (Phi) is 6.79. The molecule has 1 N–H and O–H groups in total. The molecule has 32 heavy (non-hydrogen) atoms. The second-order valence-electron chi connectivity index (χ2n) is 8.79. The average Bonchev–Trinajstić information content (AvgIpc) is 3.13. The van der Waals surface area contributed by atoms with Crippen molar-refractivity contribution in [2.45, 2.75) is 39.3 Å². The van der Waals surface area contributed by atoms with Crippen LogP contribution in [0.15, 0.2) is 30.3 Å². The van der Waals surface area contributed by atoms with Gasteiger partial charge >= 0.3 is 6.03 Å². The molecular weight excluding hydrogens is 404 g/mol. The number of likely N-dealkylation sites (tertiary alicyclic amines) is 1. The Balaban J connectivity index is 1.37. The first-order chi connectivity index (χ1) is 15.5. The highest BCUT2D eigenvalue weighted by molar-refractivity contribution is 5.93. The van der Waals surface area contributed by atoms with Crippen molar-refractivity contribution < 1.29 is 9.59 Å². The Morgan fingerprint density at radius 1 is 0.969 bits per heavy atom. The molecule has 4 rings (SSSR count). The van der Waals surface area contributed by atoms with Crippen molar-refractivity contribution in [3.05, 3.63) is 53.1 Å². The van der Waals surface area contributed by atoms with Gasteiger partial charge in [0.25, 0.3) is 5.91 Å². The Bertz CT molecular complexity index is 941. The molecule has 2 saturated heterocycles. The summed E-state index contributed by atoms with van der Waals surface area (Å²) in [6.07, 6.45) is 1.74. The Labute approximate surface area is 190 Å². The van der Waals surface area contributed by atoms with Crippen molar-refractivity contribution in [2.75, 3.05) is 46.3 Å². The van der Waals surface area contributed by atoms with E-state index in [9.17, 15) is 9.59 Å². The molecule has 2 aliphatic heterocycles. The maximum absolute atomic E-state index is 13.3. The number of carbonyl (C=O) groups excluding carboxylic acids is 2. The second kappa shape index (κ2) is 9.73. The molecule has 2 aliphatic rings. The Hall–Kier alpha value is -2.87. The van der Waals surface area contributed by atoms with Gasteiger partial charge in [-0.05, 0) is 32.3 Å². The van der Waals surface area contributed by atoms with Crippen LogP contribution in [0.1, 0.15) is 46.5 Å². The lowest BCUT2D eigenvalue weighted by Gasteiger charge is -2.35. The van der Waals surface area contributed by atoms with Crippen molar-refractivity contribution in [1.82, 2.24) is 29.6 Å². The van der Waals surface area contributed by atoms with Gasteiger partial charge in [-0.1, -0.05) is 30.3 Å². The fourth-order valence-corrected chi connectivity index (χ4v) is 4.98. The number of aryl methyl sites for hydroxylation is 1. The van der Waals surface area contributed by atoms with Crippen molar-refractivity contribution in [1.29, 1.82) is 0 Å². The number of piperidine rings is 1. The van der Waals surface area contributed by atoms with E-state index in [4.69, 9.17) is 0 Å². The summed E-state index contributed by atoms with van der Waals surface area (Å²) >= 11 is 0. The van der Waals surface area contributed by atoms with E-state index in [0.717, 1.165) is 57.1 Å². The van der Waals surface area contributed by atoms with Crippen LogP contribution in [0.5, 0.6) is 0 Å². The van der Waals surface area contributed by atoms with Gasteiger partial charge in [-0.15, -0.1) is 0 Å².